The van der Waals surface area contributed by atoms with E-state index in [0.717, 1.165) is 25.0 Å². The number of nitrogens with zero attached hydrogens (tertiary/aromatic N) is 1. The van der Waals surface area contributed by atoms with Crippen LogP contribution in [-0.2, 0) is 4.74 Å². The fourth-order valence-corrected chi connectivity index (χ4v) is 2.37. The van der Waals surface area contributed by atoms with E-state index in [2.05, 4.69) is 17.1 Å². The molecule has 1 N–H and O–H groups in total. The second-order valence-electron chi connectivity index (χ2n) is 5.96. The Bertz CT molecular complexity index is 200. The molecule has 0 amide bonds. The SMILES string of the molecule is COCC(C)NCCN(CC1CC1)CC1CC1. The van der Waals surface area contributed by atoms with Gasteiger partial charge >= 0.3 is 0 Å². The van der Waals surface area contributed by atoms with E-state index in [4.69, 9.17) is 4.74 Å². The van der Waals surface area contributed by atoms with Gasteiger partial charge in [0.1, 0.15) is 0 Å². The quantitative estimate of drug-likeness (QED) is 0.629. The molecule has 0 radical (unpaired) electrons. The highest BCUT2D eigenvalue weighted by molar-refractivity contribution is 4.82. The molecule has 3 heteroatoms. The molecule has 1 unspecified atom stereocenters. The molecular formula is C14H28N2O. The van der Waals surface area contributed by atoms with Gasteiger partial charge in [-0.15, -0.1) is 0 Å². The van der Waals surface area contributed by atoms with Crippen molar-refractivity contribution in [2.24, 2.45) is 11.8 Å². The third kappa shape index (κ3) is 5.84. The van der Waals surface area contributed by atoms with Crippen molar-refractivity contribution in [3.05, 3.63) is 0 Å². The molecule has 0 saturated heterocycles. The maximum atomic E-state index is 5.13. The van der Waals surface area contributed by atoms with Crippen molar-refractivity contribution in [2.45, 2.75) is 38.6 Å². The van der Waals surface area contributed by atoms with E-state index in [0.29, 0.717) is 6.04 Å². The standard InChI is InChI=1S/C14H28N2O/c1-12(11-17-2)15-7-8-16(9-13-3-4-13)10-14-5-6-14/h12-15H,3-11H2,1-2H3. The second kappa shape index (κ2) is 6.72. The molecule has 0 aliphatic heterocycles. The first-order valence-electron chi connectivity index (χ1n) is 7.22. The van der Waals surface area contributed by atoms with Gasteiger partial charge in [-0.2, -0.15) is 0 Å². The summed E-state index contributed by atoms with van der Waals surface area (Å²) in [4.78, 5) is 2.68. The first kappa shape index (κ1) is 13.3. The number of rotatable bonds is 10. The lowest BCUT2D eigenvalue weighted by molar-refractivity contribution is 0.168. The van der Waals surface area contributed by atoms with Crippen LogP contribution in [0.3, 0.4) is 0 Å². The van der Waals surface area contributed by atoms with E-state index in [1.54, 1.807) is 7.11 Å². The molecule has 0 aromatic rings. The smallest absolute Gasteiger partial charge is 0.0613 e. The molecule has 2 aliphatic carbocycles. The van der Waals surface area contributed by atoms with Gasteiger partial charge in [-0.05, 0) is 44.4 Å². The van der Waals surface area contributed by atoms with Crippen LogP contribution in [0, 0.1) is 11.8 Å². The third-order valence-electron chi connectivity index (χ3n) is 3.76. The molecule has 1 atom stereocenters. The van der Waals surface area contributed by atoms with Gasteiger partial charge in [0.2, 0.25) is 0 Å². The Balaban J connectivity index is 1.57. The molecule has 2 saturated carbocycles. The Kier molecular flexibility index (Phi) is 5.26. The first-order chi connectivity index (χ1) is 8.28. The van der Waals surface area contributed by atoms with Gasteiger partial charge in [0, 0.05) is 39.3 Å². The highest BCUT2D eigenvalue weighted by Crippen LogP contribution is 2.33. The minimum atomic E-state index is 0.476. The average Bonchev–Trinajstić information content (AvgIpc) is 3.13. The fourth-order valence-electron chi connectivity index (χ4n) is 2.37. The minimum Gasteiger partial charge on any atom is -0.383 e. The zero-order chi connectivity index (χ0) is 12.1. The zero-order valence-electron chi connectivity index (χ0n) is 11.5. The van der Waals surface area contributed by atoms with Crippen LogP contribution in [0.2, 0.25) is 0 Å². The average molecular weight is 240 g/mol. The Labute approximate surface area is 106 Å². The summed E-state index contributed by atoms with van der Waals surface area (Å²) in [5, 5.41) is 3.53. The van der Waals surface area contributed by atoms with Crippen molar-refractivity contribution in [1.82, 2.24) is 10.2 Å². The Morgan fingerprint density at radius 1 is 1.18 bits per heavy atom. The monoisotopic (exact) mass is 240 g/mol. The van der Waals surface area contributed by atoms with Crippen LogP contribution in [0.25, 0.3) is 0 Å². The predicted octanol–water partition coefficient (Wildman–Crippen LogP) is 1.73. The summed E-state index contributed by atoms with van der Waals surface area (Å²) in [6.45, 7) is 8.00. The lowest BCUT2D eigenvalue weighted by Crippen LogP contribution is -2.39. The Morgan fingerprint density at radius 3 is 2.24 bits per heavy atom. The second-order valence-corrected chi connectivity index (χ2v) is 5.96. The van der Waals surface area contributed by atoms with Crippen LogP contribution in [-0.4, -0.2) is 50.8 Å². The number of ether oxygens (including phenoxy) is 1. The number of methoxy groups -OCH3 is 1. The summed E-state index contributed by atoms with van der Waals surface area (Å²) < 4.78 is 5.13. The summed E-state index contributed by atoms with van der Waals surface area (Å²) in [5.74, 6) is 2.04. The lowest BCUT2D eigenvalue weighted by Gasteiger charge is -2.23. The summed E-state index contributed by atoms with van der Waals surface area (Å²) in [7, 11) is 1.77. The van der Waals surface area contributed by atoms with Crippen LogP contribution >= 0.6 is 0 Å². The van der Waals surface area contributed by atoms with E-state index in [1.165, 1.54) is 45.3 Å². The molecular weight excluding hydrogens is 212 g/mol. The first-order valence-corrected chi connectivity index (χ1v) is 7.22. The molecule has 2 fully saturated rings. The maximum Gasteiger partial charge on any atom is 0.0613 e. The Hall–Kier alpha value is -0.120. The Morgan fingerprint density at radius 2 is 1.76 bits per heavy atom. The van der Waals surface area contributed by atoms with Crippen LogP contribution in [0.4, 0.5) is 0 Å². The number of hydrogen-bond donors (Lipinski definition) is 1. The normalized spacial score (nSPS) is 22.1. The lowest BCUT2D eigenvalue weighted by atomic mass is 10.3. The van der Waals surface area contributed by atoms with Crippen LogP contribution < -0.4 is 5.32 Å². The fraction of sp³-hybridized carbons (Fsp3) is 1.00. The highest BCUT2D eigenvalue weighted by Gasteiger charge is 2.28. The molecule has 2 aliphatic rings. The topological polar surface area (TPSA) is 24.5 Å². The number of hydrogen-bond acceptors (Lipinski definition) is 3. The number of nitrogens with one attached hydrogen (secondary N) is 1. The summed E-state index contributed by atoms with van der Waals surface area (Å²) in [6, 6.07) is 0.476. The summed E-state index contributed by atoms with van der Waals surface area (Å²) in [5.41, 5.74) is 0. The molecule has 0 aromatic carbocycles. The van der Waals surface area contributed by atoms with Crippen LogP contribution in [0.1, 0.15) is 32.6 Å². The van der Waals surface area contributed by atoms with Gasteiger partial charge in [0.25, 0.3) is 0 Å². The highest BCUT2D eigenvalue weighted by atomic mass is 16.5. The zero-order valence-corrected chi connectivity index (χ0v) is 11.5. The molecule has 0 aromatic heterocycles. The summed E-state index contributed by atoms with van der Waals surface area (Å²) in [6.07, 6.45) is 5.87. The van der Waals surface area contributed by atoms with Crippen LogP contribution in [0.15, 0.2) is 0 Å². The van der Waals surface area contributed by atoms with Crippen LogP contribution in [0.5, 0.6) is 0 Å². The van der Waals surface area contributed by atoms with E-state index in [-0.39, 0.29) is 0 Å². The van der Waals surface area contributed by atoms with Crippen molar-refractivity contribution >= 4 is 0 Å². The van der Waals surface area contributed by atoms with Crippen molar-refractivity contribution in [3.63, 3.8) is 0 Å². The van der Waals surface area contributed by atoms with Gasteiger partial charge in [0.05, 0.1) is 6.61 Å². The molecule has 0 heterocycles. The maximum absolute atomic E-state index is 5.13. The van der Waals surface area contributed by atoms with Gasteiger partial charge in [0.15, 0.2) is 0 Å². The summed E-state index contributed by atoms with van der Waals surface area (Å²) >= 11 is 0. The molecule has 17 heavy (non-hydrogen) atoms. The van der Waals surface area contributed by atoms with Crippen molar-refractivity contribution in [3.8, 4) is 0 Å². The molecule has 0 spiro atoms. The third-order valence-corrected chi connectivity index (χ3v) is 3.76. The predicted molar refractivity (Wildman–Crippen MR) is 71.2 cm³/mol. The molecule has 2 rings (SSSR count). The minimum absolute atomic E-state index is 0.476. The molecule has 0 bridgehead atoms. The van der Waals surface area contributed by atoms with Gasteiger partial charge in [-0.25, -0.2) is 0 Å². The van der Waals surface area contributed by atoms with Crippen molar-refractivity contribution < 1.29 is 4.74 Å². The molecule has 3 nitrogen and oxygen atoms in total. The van der Waals surface area contributed by atoms with E-state index < -0.39 is 0 Å². The van der Waals surface area contributed by atoms with E-state index in [9.17, 15) is 0 Å². The largest absolute Gasteiger partial charge is 0.383 e. The van der Waals surface area contributed by atoms with Crippen molar-refractivity contribution in [1.29, 1.82) is 0 Å². The van der Waals surface area contributed by atoms with Gasteiger partial charge < -0.3 is 15.0 Å². The van der Waals surface area contributed by atoms with Gasteiger partial charge in [-0.1, -0.05) is 0 Å². The van der Waals surface area contributed by atoms with Crippen molar-refractivity contribution in [2.75, 3.05) is 39.9 Å². The van der Waals surface area contributed by atoms with Gasteiger partial charge in [-0.3, -0.25) is 0 Å². The van der Waals surface area contributed by atoms with E-state index >= 15 is 0 Å². The van der Waals surface area contributed by atoms with E-state index in [1.807, 2.05) is 0 Å². The molecule has 100 valence electrons.